The largest absolute Gasteiger partial charge is 0.507 e. The summed E-state index contributed by atoms with van der Waals surface area (Å²) in [6.07, 6.45) is 0. The smallest absolute Gasteiger partial charge is 0.300 e. The van der Waals surface area contributed by atoms with Crippen molar-refractivity contribution in [1.29, 1.82) is 0 Å². The predicted octanol–water partition coefficient (Wildman–Crippen LogP) is 5.04. The molecule has 0 aliphatic carbocycles. The van der Waals surface area contributed by atoms with Gasteiger partial charge in [0.1, 0.15) is 11.5 Å². The SMILES string of the molecule is COc1ccc(C2/C(=C(/O)c3ccc(Cl)cc3)C(=O)C(=O)N2c2ccc(N(C)C)cc2)cc1. The number of hydrogen-bond donors (Lipinski definition) is 1. The van der Waals surface area contributed by atoms with Crippen LogP contribution in [0.3, 0.4) is 0 Å². The fraction of sp³-hybridized carbons (Fsp3) is 0.154. The molecule has 1 unspecified atom stereocenters. The van der Waals surface area contributed by atoms with E-state index in [2.05, 4.69) is 0 Å². The van der Waals surface area contributed by atoms with Crippen molar-refractivity contribution >= 4 is 40.4 Å². The summed E-state index contributed by atoms with van der Waals surface area (Å²) < 4.78 is 5.25. The first-order valence-electron chi connectivity index (χ1n) is 10.3. The van der Waals surface area contributed by atoms with Crippen molar-refractivity contribution in [3.05, 3.63) is 94.5 Å². The van der Waals surface area contributed by atoms with Gasteiger partial charge in [0, 0.05) is 36.1 Å². The number of carbonyl (C=O) groups excluding carboxylic acids is 2. The lowest BCUT2D eigenvalue weighted by molar-refractivity contribution is -0.132. The Kier molecular flexibility index (Phi) is 6.11. The normalized spacial score (nSPS) is 17.3. The highest BCUT2D eigenvalue weighted by atomic mass is 35.5. The second-order valence-electron chi connectivity index (χ2n) is 7.86. The van der Waals surface area contributed by atoms with Gasteiger partial charge >= 0.3 is 0 Å². The van der Waals surface area contributed by atoms with E-state index in [1.54, 1.807) is 67.8 Å². The minimum atomic E-state index is -0.809. The molecule has 0 bridgehead atoms. The van der Waals surface area contributed by atoms with Gasteiger partial charge in [0.15, 0.2) is 0 Å². The number of amides is 1. The van der Waals surface area contributed by atoms with Gasteiger partial charge in [-0.2, -0.15) is 0 Å². The fourth-order valence-corrected chi connectivity index (χ4v) is 4.00. The maximum Gasteiger partial charge on any atom is 0.300 e. The molecule has 0 saturated carbocycles. The highest BCUT2D eigenvalue weighted by Crippen LogP contribution is 2.42. The second kappa shape index (κ2) is 9.00. The number of anilines is 2. The lowest BCUT2D eigenvalue weighted by Crippen LogP contribution is -2.29. The van der Waals surface area contributed by atoms with E-state index in [0.29, 0.717) is 27.6 Å². The Bertz CT molecular complexity index is 1220. The molecule has 168 valence electrons. The first-order valence-corrected chi connectivity index (χ1v) is 10.7. The lowest BCUT2D eigenvalue weighted by atomic mass is 9.95. The van der Waals surface area contributed by atoms with Crippen molar-refractivity contribution in [1.82, 2.24) is 0 Å². The molecule has 1 heterocycles. The van der Waals surface area contributed by atoms with Gasteiger partial charge in [-0.05, 0) is 66.2 Å². The van der Waals surface area contributed by atoms with Gasteiger partial charge in [-0.25, -0.2) is 0 Å². The number of benzene rings is 3. The van der Waals surface area contributed by atoms with Crippen LogP contribution < -0.4 is 14.5 Å². The van der Waals surface area contributed by atoms with Crippen molar-refractivity contribution < 1.29 is 19.4 Å². The van der Waals surface area contributed by atoms with Crippen LogP contribution in [0, 0.1) is 0 Å². The molecule has 3 aromatic rings. The number of aliphatic hydroxyl groups excluding tert-OH is 1. The van der Waals surface area contributed by atoms with Crippen molar-refractivity contribution in [2.24, 2.45) is 0 Å². The van der Waals surface area contributed by atoms with Crippen molar-refractivity contribution in [2.75, 3.05) is 31.0 Å². The van der Waals surface area contributed by atoms with Gasteiger partial charge in [-0.3, -0.25) is 14.5 Å². The zero-order valence-corrected chi connectivity index (χ0v) is 19.2. The van der Waals surface area contributed by atoms with Gasteiger partial charge in [0.05, 0.1) is 18.7 Å². The highest BCUT2D eigenvalue weighted by molar-refractivity contribution is 6.51. The molecule has 1 atom stereocenters. The van der Waals surface area contributed by atoms with Gasteiger partial charge in [-0.1, -0.05) is 23.7 Å². The Morgan fingerprint density at radius 1 is 0.939 bits per heavy atom. The Morgan fingerprint density at radius 3 is 2.09 bits per heavy atom. The van der Waals surface area contributed by atoms with E-state index in [0.717, 1.165) is 5.69 Å². The van der Waals surface area contributed by atoms with Crippen LogP contribution >= 0.6 is 11.6 Å². The van der Waals surface area contributed by atoms with Gasteiger partial charge < -0.3 is 14.7 Å². The molecule has 3 aromatic carbocycles. The van der Waals surface area contributed by atoms with E-state index in [4.69, 9.17) is 16.3 Å². The number of Topliss-reactive ketones (excluding diaryl/α,β-unsaturated/α-hetero) is 1. The summed E-state index contributed by atoms with van der Waals surface area (Å²) in [6.45, 7) is 0. The summed E-state index contributed by atoms with van der Waals surface area (Å²) in [5.41, 5.74) is 2.60. The van der Waals surface area contributed by atoms with E-state index in [1.165, 1.54) is 4.90 Å². The van der Waals surface area contributed by atoms with Crippen LogP contribution in [0.25, 0.3) is 5.76 Å². The summed E-state index contributed by atoms with van der Waals surface area (Å²) in [5.74, 6) is -1.06. The molecular weight excluding hydrogens is 440 g/mol. The Morgan fingerprint density at radius 2 is 1.55 bits per heavy atom. The van der Waals surface area contributed by atoms with Crippen LogP contribution in [0.5, 0.6) is 5.75 Å². The first-order chi connectivity index (χ1) is 15.8. The Hall–Kier alpha value is -3.77. The minimum absolute atomic E-state index is 0.0178. The summed E-state index contributed by atoms with van der Waals surface area (Å²) in [5, 5.41) is 11.6. The van der Waals surface area contributed by atoms with Crippen LogP contribution in [-0.2, 0) is 9.59 Å². The zero-order valence-electron chi connectivity index (χ0n) is 18.4. The van der Waals surface area contributed by atoms with Crippen LogP contribution in [-0.4, -0.2) is 38.0 Å². The molecule has 0 spiro atoms. The molecule has 0 aromatic heterocycles. The van der Waals surface area contributed by atoms with E-state index < -0.39 is 17.7 Å². The quantitative estimate of drug-likeness (QED) is 0.327. The molecule has 1 fully saturated rings. The maximum absolute atomic E-state index is 13.2. The summed E-state index contributed by atoms with van der Waals surface area (Å²) >= 11 is 5.98. The average Bonchev–Trinajstić information content (AvgIpc) is 3.09. The Labute approximate surface area is 197 Å². The molecule has 6 nitrogen and oxygen atoms in total. The third kappa shape index (κ3) is 4.17. The number of carbonyl (C=O) groups is 2. The van der Waals surface area contributed by atoms with Gasteiger partial charge in [0.2, 0.25) is 0 Å². The van der Waals surface area contributed by atoms with Crippen LogP contribution in [0.1, 0.15) is 17.2 Å². The molecule has 1 saturated heterocycles. The summed E-state index contributed by atoms with van der Waals surface area (Å²) in [6, 6.07) is 20.1. The van der Waals surface area contributed by atoms with Gasteiger partial charge in [-0.15, -0.1) is 0 Å². The molecule has 1 N–H and O–H groups in total. The molecule has 7 heteroatoms. The molecular formula is C26H23ClN2O4. The number of ketones is 1. The number of hydrogen-bond acceptors (Lipinski definition) is 5. The summed E-state index contributed by atoms with van der Waals surface area (Å²) in [7, 11) is 5.41. The molecule has 33 heavy (non-hydrogen) atoms. The van der Waals surface area contributed by atoms with Crippen molar-refractivity contribution in [2.45, 2.75) is 6.04 Å². The number of methoxy groups -OCH3 is 1. The van der Waals surface area contributed by atoms with Gasteiger partial charge in [0.25, 0.3) is 11.7 Å². The lowest BCUT2D eigenvalue weighted by Gasteiger charge is -2.26. The number of halogens is 1. The van der Waals surface area contributed by atoms with E-state index in [9.17, 15) is 14.7 Å². The number of rotatable bonds is 5. The maximum atomic E-state index is 13.2. The standard InChI is InChI=1S/C26H23ClN2O4/c1-28(2)19-10-12-20(13-11-19)29-23(16-6-14-21(33-3)15-7-16)22(25(31)26(29)32)24(30)17-4-8-18(27)9-5-17/h4-15,23,30H,1-3H3/b24-22-. The number of nitrogens with zero attached hydrogens (tertiary/aromatic N) is 2. The summed E-state index contributed by atoms with van der Waals surface area (Å²) in [4.78, 5) is 29.8. The third-order valence-corrected chi connectivity index (χ3v) is 5.89. The van der Waals surface area contributed by atoms with Crippen molar-refractivity contribution in [3.63, 3.8) is 0 Å². The average molecular weight is 463 g/mol. The van der Waals surface area contributed by atoms with Crippen LogP contribution in [0.4, 0.5) is 11.4 Å². The number of aliphatic hydroxyl groups is 1. The first kappa shape index (κ1) is 22.4. The van der Waals surface area contributed by atoms with E-state index in [1.807, 2.05) is 31.1 Å². The van der Waals surface area contributed by atoms with Crippen LogP contribution in [0.15, 0.2) is 78.4 Å². The highest BCUT2D eigenvalue weighted by Gasteiger charge is 2.47. The molecule has 1 aliphatic rings. The topological polar surface area (TPSA) is 70.1 Å². The van der Waals surface area contributed by atoms with Crippen LogP contribution in [0.2, 0.25) is 5.02 Å². The monoisotopic (exact) mass is 462 g/mol. The zero-order chi connectivity index (χ0) is 23.7. The molecule has 1 aliphatic heterocycles. The Balaban J connectivity index is 1.89. The molecule has 0 radical (unpaired) electrons. The molecule has 4 rings (SSSR count). The fourth-order valence-electron chi connectivity index (χ4n) is 3.88. The van der Waals surface area contributed by atoms with Crippen molar-refractivity contribution in [3.8, 4) is 5.75 Å². The molecule has 1 amide bonds. The third-order valence-electron chi connectivity index (χ3n) is 5.64. The van der Waals surface area contributed by atoms with E-state index >= 15 is 0 Å². The number of ether oxygens (including phenoxy) is 1. The van der Waals surface area contributed by atoms with E-state index in [-0.39, 0.29) is 11.3 Å². The second-order valence-corrected chi connectivity index (χ2v) is 8.30. The minimum Gasteiger partial charge on any atom is -0.507 e. The predicted molar refractivity (Wildman–Crippen MR) is 130 cm³/mol.